The molecule has 94 valence electrons. The predicted molar refractivity (Wildman–Crippen MR) is 74.5 cm³/mol. The number of likely N-dealkylation sites (N-methyl/N-ethyl adjacent to an activating group) is 1. The summed E-state index contributed by atoms with van der Waals surface area (Å²) in [6.07, 6.45) is 6.86. The molecule has 0 aromatic heterocycles. The molecule has 1 aromatic rings. The molecule has 0 aliphatic heterocycles. The smallest absolute Gasteiger partial charge is 0.0712 e. The Morgan fingerprint density at radius 2 is 1.82 bits per heavy atom. The van der Waals surface area contributed by atoms with Gasteiger partial charge in [0, 0.05) is 12.6 Å². The van der Waals surface area contributed by atoms with E-state index in [0.717, 1.165) is 12.6 Å². The Labute approximate surface area is 110 Å². The SMILES string of the molecule is CN(CC(Cl)c1ccccc1)C1CCCCC1. The number of nitrogens with zero attached hydrogens (tertiary/aromatic N) is 1. The van der Waals surface area contributed by atoms with Crippen molar-refractivity contribution in [2.45, 2.75) is 43.5 Å². The zero-order chi connectivity index (χ0) is 12.1. The average molecular weight is 252 g/mol. The van der Waals surface area contributed by atoms with E-state index in [1.165, 1.54) is 37.7 Å². The first-order valence-electron chi connectivity index (χ1n) is 6.66. The summed E-state index contributed by atoms with van der Waals surface area (Å²) in [7, 11) is 2.22. The standard InChI is InChI=1S/C15H22ClN/c1-17(14-10-6-3-7-11-14)12-15(16)13-8-4-2-5-9-13/h2,4-5,8-9,14-15H,3,6-7,10-12H2,1H3. The van der Waals surface area contributed by atoms with Crippen LogP contribution in [-0.4, -0.2) is 24.5 Å². The van der Waals surface area contributed by atoms with Gasteiger partial charge in [-0.15, -0.1) is 11.6 Å². The molecule has 1 unspecified atom stereocenters. The third kappa shape index (κ3) is 3.72. The molecular formula is C15H22ClN. The highest BCUT2D eigenvalue weighted by molar-refractivity contribution is 6.21. The summed E-state index contributed by atoms with van der Waals surface area (Å²) in [5.41, 5.74) is 1.23. The number of hydrogen-bond acceptors (Lipinski definition) is 1. The van der Waals surface area contributed by atoms with Gasteiger partial charge >= 0.3 is 0 Å². The minimum Gasteiger partial charge on any atom is -0.302 e. The van der Waals surface area contributed by atoms with Crippen molar-refractivity contribution in [3.05, 3.63) is 35.9 Å². The van der Waals surface area contributed by atoms with Crippen LogP contribution in [0.4, 0.5) is 0 Å². The van der Waals surface area contributed by atoms with Crippen molar-refractivity contribution in [3.8, 4) is 0 Å². The Hall–Kier alpha value is -0.530. The summed E-state index contributed by atoms with van der Waals surface area (Å²) in [6, 6.07) is 11.1. The summed E-state index contributed by atoms with van der Waals surface area (Å²) in [4.78, 5) is 2.45. The summed E-state index contributed by atoms with van der Waals surface area (Å²) in [5, 5.41) is 0.114. The van der Waals surface area contributed by atoms with Gasteiger partial charge in [0.15, 0.2) is 0 Å². The largest absolute Gasteiger partial charge is 0.302 e. The molecule has 0 spiro atoms. The predicted octanol–water partition coefficient (Wildman–Crippen LogP) is 4.23. The van der Waals surface area contributed by atoms with Crippen molar-refractivity contribution < 1.29 is 0 Å². The Kier molecular flexibility index (Phi) is 4.87. The molecule has 2 heteroatoms. The molecule has 0 bridgehead atoms. The Balaban J connectivity index is 1.87. The quantitative estimate of drug-likeness (QED) is 0.724. The summed E-state index contributed by atoms with van der Waals surface area (Å²) in [5.74, 6) is 0. The van der Waals surface area contributed by atoms with Gasteiger partial charge in [-0.05, 0) is 25.5 Å². The van der Waals surface area contributed by atoms with E-state index in [-0.39, 0.29) is 5.38 Å². The van der Waals surface area contributed by atoms with E-state index < -0.39 is 0 Å². The first-order chi connectivity index (χ1) is 8.27. The average Bonchev–Trinajstić information content (AvgIpc) is 2.40. The first-order valence-corrected chi connectivity index (χ1v) is 7.10. The highest BCUT2D eigenvalue weighted by atomic mass is 35.5. The minimum absolute atomic E-state index is 0.114. The molecule has 1 saturated carbocycles. The monoisotopic (exact) mass is 251 g/mol. The van der Waals surface area contributed by atoms with Crippen molar-refractivity contribution >= 4 is 11.6 Å². The molecule has 0 radical (unpaired) electrons. The van der Waals surface area contributed by atoms with Crippen LogP contribution < -0.4 is 0 Å². The summed E-state index contributed by atoms with van der Waals surface area (Å²) >= 11 is 6.48. The van der Waals surface area contributed by atoms with E-state index in [0.29, 0.717) is 0 Å². The van der Waals surface area contributed by atoms with Crippen molar-refractivity contribution in [3.63, 3.8) is 0 Å². The van der Waals surface area contributed by atoms with Gasteiger partial charge in [-0.1, -0.05) is 49.6 Å². The number of halogens is 1. The number of alkyl halides is 1. The third-order valence-electron chi connectivity index (χ3n) is 3.81. The first kappa shape index (κ1) is 12.9. The molecule has 1 nitrogen and oxygen atoms in total. The number of rotatable bonds is 4. The van der Waals surface area contributed by atoms with Gasteiger partial charge in [0.1, 0.15) is 0 Å². The molecule has 1 aromatic carbocycles. The van der Waals surface area contributed by atoms with E-state index in [1.54, 1.807) is 0 Å². The fraction of sp³-hybridized carbons (Fsp3) is 0.600. The Bertz CT molecular complexity index is 319. The molecule has 1 aliphatic rings. The van der Waals surface area contributed by atoms with E-state index in [4.69, 9.17) is 11.6 Å². The maximum absolute atomic E-state index is 6.48. The lowest BCUT2D eigenvalue weighted by Crippen LogP contribution is -2.35. The topological polar surface area (TPSA) is 3.24 Å². The van der Waals surface area contributed by atoms with Crippen LogP contribution in [0.25, 0.3) is 0 Å². The van der Waals surface area contributed by atoms with Crippen molar-refractivity contribution in [2.24, 2.45) is 0 Å². The Morgan fingerprint density at radius 1 is 1.18 bits per heavy atom. The fourth-order valence-electron chi connectivity index (χ4n) is 2.69. The lowest BCUT2D eigenvalue weighted by molar-refractivity contribution is 0.192. The van der Waals surface area contributed by atoms with Gasteiger partial charge in [0.05, 0.1) is 5.38 Å². The summed E-state index contributed by atoms with van der Waals surface area (Å²) in [6.45, 7) is 0.955. The highest BCUT2D eigenvalue weighted by Gasteiger charge is 2.20. The van der Waals surface area contributed by atoms with Crippen LogP contribution in [0.2, 0.25) is 0 Å². The van der Waals surface area contributed by atoms with Gasteiger partial charge in [-0.3, -0.25) is 0 Å². The van der Waals surface area contributed by atoms with E-state index in [1.807, 2.05) is 6.07 Å². The molecule has 1 fully saturated rings. The number of benzene rings is 1. The fourth-order valence-corrected chi connectivity index (χ4v) is 3.05. The van der Waals surface area contributed by atoms with Crippen LogP contribution in [0, 0.1) is 0 Å². The van der Waals surface area contributed by atoms with E-state index in [9.17, 15) is 0 Å². The lowest BCUT2D eigenvalue weighted by Gasteiger charge is -2.32. The van der Waals surface area contributed by atoms with Crippen LogP contribution in [0.15, 0.2) is 30.3 Å². The van der Waals surface area contributed by atoms with Gasteiger partial charge in [-0.2, -0.15) is 0 Å². The zero-order valence-corrected chi connectivity index (χ0v) is 11.4. The Morgan fingerprint density at radius 3 is 2.47 bits per heavy atom. The molecule has 1 atom stereocenters. The van der Waals surface area contributed by atoms with Crippen LogP contribution in [0.5, 0.6) is 0 Å². The molecule has 17 heavy (non-hydrogen) atoms. The molecule has 1 aliphatic carbocycles. The van der Waals surface area contributed by atoms with Crippen molar-refractivity contribution in [1.29, 1.82) is 0 Å². The third-order valence-corrected chi connectivity index (χ3v) is 4.20. The highest BCUT2D eigenvalue weighted by Crippen LogP contribution is 2.26. The molecule has 0 saturated heterocycles. The minimum atomic E-state index is 0.114. The lowest BCUT2D eigenvalue weighted by atomic mass is 9.94. The second-order valence-electron chi connectivity index (χ2n) is 5.11. The number of hydrogen-bond donors (Lipinski definition) is 0. The van der Waals surface area contributed by atoms with Crippen molar-refractivity contribution in [1.82, 2.24) is 4.90 Å². The van der Waals surface area contributed by atoms with Gasteiger partial charge in [-0.25, -0.2) is 0 Å². The maximum atomic E-state index is 6.48. The second kappa shape index (κ2) is 6.42. The van der Waals surface area contributed by atoms with Crippen LogP contribution in [0.1, 0.15) is 43.0 Å². The zero-order valence-electron chi connectivity index (χ0n) is 10.6. The molecule has 0 N–H and O–H groups in total. The molecule has 2 rings (SSSR count). The van der Waals surface area contributed by atoms with E-state index in [2.05, 4.69) is 36.2 Å². The maximum Gasteiger partial charge on any atom is 0.0712 e. The second-order valence-corrected chi connectivity index (χ2v) is 5.64. The van der Waals surface area contributed by atoms with Crippen LogP contribution in [0.3, 0.4) is 0 Å². The molecule has 0 heterocycles. The normalized spacial score (nSPS) is 19.5. The van der Waals surface area contributed by atoms with E-state index >= 15 is 0 Å². The van der Waals surface area contributed by atoms with Crippen molar-refractivity contribution in [2.75, 3.05) is 13.6 Å². The van der Waals surface area contributed by atoms with Gasteiger partial charge in [0.25, 0.3) is 0 Å². The molecule has 0 amide bonds. The molecular weight excluding hydrogens is 230 g/mol. The van der Waals surface area contributed by atoms with Gasteiger partial charge < -0.3 is 4.90 Å². The van der Waals surface area contributed by atoms with Gasteiger partial charge in [0.2, 0.25) is 0 Å². The summed E-state index contributed by atoms with van der Waals surface area (Å²) < 4.78 is 0. The van der Waals surface area contributed by atoms with Crippen LogP contribution >= 0.6 is 11.6 Å². The van der Waals surface area contributed by atoms with Crippen LogP contribution in [-0.2, 0) is 0 Å².